The Hall–Kier alpha value is -1.28. The molecule has 1 N–H and O–H groups in total. The first-order chi connectivity index (χ1) is 7.56. The number of aromatic nitrogens is 1. The van der Waals surface area contributed by atoms with Crippen LogP contribution in [0.3, 0.4) is 0 Å². The molecule has 2 rings (SSSR count). The third kappa shape index (κ3) is 1.54. The van der Waals surface area contributed by atoms with Crippen molar-refractivity contribution in [1.29, 1.82) is 0 Å². The lowest BCUT2D eigenvalue weighted by atomic mass is 10.1. The van der Waals surface area contributed by atoms with E-state index in [0.717, 1.165) is 28.8 Å². The Kier molecular flexibility index (Phi) is 2.76. The molecule has 0 spiro atoms. The Balaban J connectivity index is 3.04. The van der Waals surface area contributed by atoms with Gasteiger partial charge in [-0.15, -0.1) is 0 Å². The van der Waals surface area contributed by atoms with Gasteiger partial charge in [0.25, 0.3) is 0 Å². The number of pyridine rings is 1. The highest BCUT2D eigenvalue weighted by Gasteiger charge is 2.11. The largest absolute Gasteiger partial charge is 0.358 e. The zero-order valence-electron chi connectivity index (χ0n) is 9.65. The summed E-state index contributed by atoms with van der Waals surface area (Å²) in [6, 6.07) is 3.70. The molecular formula is C13H14ClNO. The zero-order valence-corrected chi connectivity index (χ0v) is 10.4. The van der Waals surface area contributed by atoms with Gasteiger partial charge in [-0.2, -0.15) is 0 Å². The summed E-state index contributed by atoms with van der Waals surface area (Å²) >= 11 is 6.08. The minimum Gasteiger partial charge on any atom is -0.358 e. The van der Waals surface area contributed by atoms with E-state index in [-0.39, 0.29) is 5.43 Å². The van der Waals surface area contributed by atoms with E-state index in [1.54, 1.807) is 6.07 Å². The van der Waals surface area contributed by atoms with Gasteiger partial charge in [0.2, 0.25) is 0 Å². The standard InChI is InChI=1S/C13H14ClNO/c1-4-10-8(3)13(16)11-9(14)6-5-7(2)12(11)15-10/h5-6H,4H2,1-3H3,(H,15,16). The highest BCUT2D eigenvalue weighted by atomic mass is 35.5. The molecule has 0 aliphatic rings. The van der Waals surface area contributed by atoms with Crippen molar-refractivity contribution in [2.75, 3.05) is 0 Å². The third-order valence-corrected chi connectivity index (χ3v) is 3.33. The number of aromatic amines is 1. The van der Waals surface area contributed by atoms with Gasteiger partial charge in [0.05, 0.1) is 15.9 Å². The monoisotopic (exact) mass is 235 g/mol. The number of H-pyrrole nitrogens is 1. The van der Waals surface area contributed by atoms with Crippen molar-refractivity contribution < 1.29 is 0 Å². The van der Waals surface area contributed by atoms with E-state index in [1.165, 1.54) is 0 Å². The van der Waals surface area contributed by atoms with Crippen molar-refractivity contribution in [1.82, 2.24) is 4.98 Å². The summed E-state index contributed by atoms with van der Waals surface area (Å²) in [5, 5.41) is 1.13. The van der Waals surface area contributed by atoms with Gasteiger partial charge in [-0.05, 0) is 31.9 Å². The lowest BCUT2D eigenvalue weighted by molar-refractivity contribution is 1.02. The number of hydrogen-bond donors (Lipinski definition) is 1. The van der Waals surface area contributed by atoms with Crippen LogP contribution in [0, 0.1) is 13.8 Å². The molecule has 0 atom stereocenters. The van der Waals surface area contributed by atoms with E-state index in [2.05, 4.69) is 4.98 Å². The molecule has 84 valence electrons. The maximum Gasteiger partial charge on any atom is 0.194 e. The number of halogens is 1. The molecule has 0 saturated carbocycles. The van der Waals surface area contributed by atoms with Crippen LogP contribution >= 0.6 is 11.6 Å². The van der Waals surface area contributed by atoms with Crippen LogP contribution < -0.4 is 5.43 Å². The van der Waals surface area contributed by atoms with Crippen molar-refractivity contribution in [3.63, 3.8) is 0 Å². The maximum atomic E-state index is 12.2. The first-order valence-electron chi connectivity index (χ1n) is 5.36. The van der Waals surface area contributed by atoms with Crippen LogP contribution in [0.4, 0.5) is 0 Å². The normalized spacial score (nSPS) is 11.0. The SMILES string of the molecule is CCc1[nH]c2c(C)ccc(Cl)c2c(=O)c1C. The van der Waals surface area contributed by atoms with Crippen LogP contribution in [0.25, 0.3) is 10.9 Å². The number of hydrogen-bond acceptors (Lipinski definition) is 1. The number of rotatable bonds is 1. The summed E-state index contributed by atoms with van der Waals surface area (Å²) in [6.45, 7) is 5.85. The van der Waals surface area contributed by atoms with Crippen molar-refractivity contribution in [3.05, 3.63) is 44.2 Å². The van der Waals surface area contributed by atoms with E-state index in [0.29, 0.717) is 10.4 Å². The van der Waals surface area contributed by atoms with E-state index in [4.69, 9.17) is 11.6 Å². The molecule has 0 aliphatic carbocycles. The average Bonchev–Trinajstić information content (AvgIpc) is 2.27. The molecule has 0 unspecified atom stereocenters. The van der Waals surface area contributed by atoms with E-state index in [1.807, 2.05) is 26.8 Å². The lowest BCUT2D eigenvalue weighted by Gasteiger charge is -2.09. The van der Waals surface area contributed by atoms with Gasteiger partial charge in [-0.25, -0.2) is 0 Å². The summed E-state index contributed by atoms with van der Waals surface area (Å²) < 4.78 is 0. The van der Waals surface area contributed by atoms with Gasteiger partial charge >= 0.3 is 0 Å². The average molecular weight is 236 g/mol. The molecule has 2 aromatic rings. The predicted octanol–water partition coefficient (Wildman–Crippen LogP) is 3.36. The molecule has 1 aromatic heterocycles. The van der Waals surface area contributed by atoms with Crippen LogP contribution in [0.1, 0.15) is 23.7 Å². The third-order valence-electron chi connectivity index (χ3n) is 3.01. The molecule has 16 heavy (non-hydrogen) atoms. The zero-order chi connectivity index (χ0) is 11.9. The summed E-state index contributed by atoms with van der Waals surface area (Å²) in [5.41, 5.74) is 3.70. The Morgan fingerprint density at radius 3 is 2.62 bits per heavy atom. The molecule has 0 aliphatic heterocycles. The van der Waals surface area contributed by atoms with Crippen molar-refractivity contribution >= 4 is 22.5 Å². The Morgan fingerprint density at radius 1 is 1.31 bits per heavy atom. The second-order valence-electron chi connectivity index (χ2n) is 4.03. The molecule has 0 fully saturated rings. The highest BCUT2D eigenvalue weighted by molar-refractivity contribution is 6.35. The van der Waals surface area contributed by atoms with Crippen LogP contribution in [-0.2, 0) is 6.42 Å². The molecule has 1 heterocycles. The van der Waals surface area contributed by atoms with Gasteiger partial charge in [-0.3, -0.25) is 4.79 Å². The van der Waals surface area contributed by atoms with Crippen LogP contribution in [-0.4, -0.2) is 4.98 Å². The van der Waals surface area contributed by atoms with Crippen LogP contribution in [0.15, 0.2) is 16.9 Å². The summed E-state index contributed by atoms with van der Waals surface area (Å²) in [5.74, 6) is 0. The number of aryl methyl sites for hydroxylation is 2. The summed E-state index contributed by atoms with van der Waals surface area (Å²) in [4.78, 5) is 15.5. The number of nitrogens with one attached hydrogen (secondary N) is 1. The first kappa shape index (κ1) is 11.2. The Labute approximate surface area is 99.3 Å². The second-order valence-corrected chi connectivity index (χ2v) is 4.43. The van der Waals surface area contributed by atoms with Gasteiger partial charge < -0.3 is 4.98 Å². The number of benzene rings is 1. The molecule has 0 bridgehead atoms. The summed E-state index contributed by atoms with van der Waals surface area (Å²) in [6.07, 6.45) is 0.822. The maximum absolute atomic E-state index is 12.2. The van der Waals surface area contributed by atoms with Crippen LogP contribution in [0.2, 0.25) is 5.02 Å². The first-order valence-corrected chi connectivity index (χ1v) is 5.74. The topological polar surface area (TPSA) is 32.9 Å². The minimum absolute atomic E-state index is 0.0410. The molecule has 1 aromatic carbocycles. The molecule has 2 nitrogen and oxygen atoms in total. The van der Waals surface area contributed by atoms with Crippen molar-refractivity contribution in [2.24, 2.45) is 0 Å². The van der Waals surface area contributed by atoms with E-state index >= 15 is 0 Å². The second kappa shape index (κ2) is 3.95. The van der Waals surface area contributed by atoms with E-state index < -0.39 is 0 Å². The molecular weight excluding hydrogens is 222 g/mol. The Bertz CT molecular complexity index is 613. The lowest BCUT2D eigenvalue weighted by Crippen LogP contribution is -2.12. The van der Waals surface area contributed by atoms with Gasteiger partial charge in [0.15, 0.2) is 5.43 Å². The smallest absolute Gasteiger partial charge is 0.194 e. The molecule has 0 saturated heterocycles. The van der Waals surface area contributed by atoms with Gasteiger partial charge in [-0.1, -0.05) is 24.6 Å². The predicted molar refractivity (Wildman–Crippen MR) is 68.4 cm³/mol. The fourth-order valence-electron chi connectivity index (χ4n) is 1.99. The minimum atomic E-state index is 0.0410. The fraction of sp³-hybridized carbons (Fsp3) is 0.308. The van der Waals surface area contributed by atoms with Crippen LogP contribution in [0.5, 0.6) is 0 Å². The molecule has 0 radical (unpaired) electrons. The highest BCUT2D eigenvalue weighted by Crippen LogP contribution is 2.23. The van der Waals surface area contributed by atoms with E-state index in [9.17, 15) is 4.79 Å². The summed E-state index contributed by atoms with van der Waals surface area (Å²) in [7, 11) is 0. The van der Waals surface area contributed by atoms with Gasteiger partial charge in [0, 0.05) is 11.3 Å². The molecule has 3 heteroatoms. The van der Waals surface area contributed by atoms with Crippen molar-refractivity contribution in [2.45, 2.75) is 27.2 Å². The fourth-order valence-corrected chi connectivity index (χ4v) is 2.23. The van der Waals surface area contributed by atoms with Gasteiger partial charge in [0.1, 0.15) is 0 Å². The van der Waals surface area contributed by atoms with Crippen molar-refractivity contribution in [3.8, 4) is 0 Å². The number of fused-ring (bicyclic) bond motifs is 1. The Morgan fingerprint density at radius 2 is 2.00 bits per heavy atom. The quantitative estimate of drug-likeness (QED) is 0.808. The molecule has 0 amide bonds.